The predicted molar refractivity (Wildman–Crippen MR) is 68.6 cm³/mol. The molecule has 0 saturated carbocycles. The van der Waals surface area contributed by atoms with E-state index in [1.54, 1.807) is 36.8 Å². The zero-order chi connectivity index (χ0) is 12.8. The number of rotatable bonds is 4. The second-order valence-electron chi connectivity index (χ2n) is 3.46. The first-order chi connectivity index (χ1) is 8.75. The standard InChI is InChI=1S/C12H10N4O2/c17-16(18)12-5-1-4-11(7-12)15-14-9-10-3-2-6-13-8-10/h1-9,15H/b14-9+. The Morgan fingerprint density at radius 1 is 1.33 bits per heavy atom. The Morgan fingerprint density at radius 2 is 2.22 bits per heavy atom. The van der Waals surface area contributed by atoms with E-state index in [4.69, 9.17) is 0 Å². The second kappa shape index (κ2) is 5.53. The van der Waals surface area contributed by atoms with Crippen molar-refractivity contribution < 1.29 is 4.92 Å². The number of nitro groups is 1. The van der Waals surface area contributed by atoms with Crippen molar-refractivity contribution in [1.82, 2.24) is 4.98 Å². The van der Waals surface area contributed by atoms with Crippen molar-refractivity contribution in [1.29, 1.82) is 0 Å². The monoisotopic (exact) mass is 242 g/mol. The minimum absolute atomic E-state index is 0.0246. The predicted octanol–water partition coefficient (Wildman–Crippen LogP) is 2.44. The highest BCUT2D eigenvalue weighted by molar-refractivity contribution is 5.79. The molecule has 0 fully saturated rings. The van der Waals surface area contributed by atoms with Gasteiger partial charge in [0.25, 0.3) is 5.69 Å². The van der Waals surface area contributed by atoms with Crippen LogP contribution in [-0.2, 0) is 0 Å². The van der Waals surface area contributed by atoms with Crippen molar-refractivity contribution >= 4 is 17.6 Å². The molecule has 0 spiro atoms. The molecule has 6 nitrogen and oxygen atoms in total. The van der Waals surface area contributed by atoms with E-state index in [0.717, 1.165) is 5.56 Å². The van der Waals surface area contributed by atoms with Gasteiger partial charge in [0.15, 0.2) is 0 Å². The number of non-ortho nitro benzene ring substituents is 1. The van der Waals surface area contributed by atoms with Gasteiger partial charge in [-0.05, 0) is 12.1 Å². The Labute approximate surface area is 103 Å². The molecule has 1 N–H and O–H groups in total. The largest absolute Gasteiger partial charge is 0.278 e. The second-order valence-corrected chi connectivity index (χ2v) is 3.46. The summed E-state index contributed by atoms with van der Waals surface area (Å²) in [7, 11) is 0. The highest BCUT2D eigenvalue weighted by atomic mass is 16.6. The summed E-state index contributed by atoms with van der Waals surface area (Å²) in [5, 5.41) is 14.6. The topological polar surface area (TPSA) is 80.4 Å². The Hall–Kier alpha value is -2.76. The molecule has 18 heavy (non-hydrogen) atoms. The summed E-state index contributed by atoms with van der Waals surface area (Å²) in [4.78, 5) is 14.1. The van der Waals surface area contributed by atoms with E-state index in [0.29, 0.717) is 5.69 Å². The molecule has 0 atom stereocenters. The Morgan fingerprint density at radius 3 is 2.94 bits per heavy atom. The fourth-order valence-electron chi connectivity index (χ4n) is 1.32. The number of nitro benzene ring substituents is 1. The quantitative estimate of drug-likeness (QED) is 0.507. The highest BCUT2D eigenvalue weighted by Crippen LogP contribution is 2.16. The van der Waals surface area contributed by atoms with Crippen LogP contribution in [0.15, 0.2) is 53.9 Å². The third kappa shape index (κ3) is 3.11. The Balaban J connectivity index is 2.04. The molecule has 0 radical (unpaired) electrons. The summed E-state index contributed by atoms with van der Waals surface area (Å²) >= 11 is 0. The molecule has 2 aromatic rings. The lowest BCUT2D eigenvalue weighted by atomic mass is 10.3. The normalized spacial score (nSPS) is 10.4. The Kier molecular flexibility index (Phi) is 3.60. The third-order valence-electron chi connectivity index (χ3n) is 2.15. The summed E-state index contributed by atoms with van der Waals surface area (Å²) < 4.78 is 0. The van der Waals surface area contributed by atoms with Crippen molar-refractivity contribution in [2.24, 2.45) is 5.10 Å². The first-order valence-electron chi connectivity index (χ1n) is 5.19. The van der Waals surface area contributed by atoms with Crippen LogP contribution in [-0.4, -0.2) is 16.1 Å². The Bertz CT molecular complexity index is 569. The molecular weight excluding hydrogens is 232 g/mol. The van der Waals surface area contributed by atoms with Gasteiger partial charge in [-0.2, -0.15) is 5.10 Å². The zero-order valence-corrected chi connectivity index (χ0v) is 9.35. The molecule has 1 aromatic heterocycles. The van der Waals surface area contributed by atoms with Gasteiger partial charge in [-0.3, -0.25) is 20.5 Å². The van der Waals surface area contributed by atoms with Crippen molar-refractivity contribution in [2.45, 2.75) is 0 Å². The van der Waals surface area contributed by atoms with E-state index < -0.39 is 4.92 Å². The van der Waals surface area contributed by atoms with E-state index in [-0.39, 0.29) is 5.69 Å². The van der Waals surface area contributed by atoms with Gasteiger partial charge in [0.1, 0.15) is 0 Å². The number of nitrogens with zero attached hydrogens (tertiary/aromatic N) is 3. The molecule has 0 saturated heterocycles. The number of hydrazone groups is 1. The molecular formula is C12H10N4O2. The lowest BCUT2D eigenvalue weighted by Crippen LogP contribution is -1.93. The average Bonchev–Trinajstić information content (AvgIpc) is 2.40. The van der Waals surface area contributed by atoms with Gasteiger partial charge in [0.05, 0.1) is 16.8 Å². The number of hydrogen-bond donors (Lipinski definition) is 1. The van der Waals surface area contributed by atoms with Crippen LogP contribution in [0.4, 0.5) is 11.4 Å². The van der Waals surface area contributed by atoms with Crippen molar-refractivity contribution in [3.63, 3.8) is 0 Å². The molecule has 0 bridgehead atoms. The van der Waals surface area contributed by atoms with Crippen molar-refractivity contribution in [3.05, 3.63) is 64.5 Å². The summed E-state index contributed by atoms with van der Waals surface area (Å²) in [6, 6.07) is 9.80. The molecule has 2 rings (SSSR count). The molecule has 1 aromatic carbocycles. The number of nitrogens with one attached hydrogen (secondary N) is 1. The van der Waals surface area contributed by atoms with Gasteiger partial charge >= 0.3 is 0 Å². The molecule has 0 aliphatic heterocycles. The van der Waals surface area contributed by atoms with E-state index in [1.165, 1.54) is 12.1 Å². The van der Waals surface area contributed by atoms with Gasteiger partial charge in [0.2, 0.25) is 0 Å². The van der Waals surface area contributed by atoms with Gasteiger partial charge in [-0.1, -0.05) is 12.1 Å². The zero-order valence-electron chi connectivity index (χ0n) is 9.35. The lowest BCUT2D eigenvalue weighted by molar-refractivity contribution is -0.384. The summed E-state index contributed by atoms with van der Waals surface area (Å²) in [5.74, 6) is 0. The summed E-state index contributed by atoms with van der Waals surface area (Å²) in [6.07, 6.45) is 4.93. The number of aromatic nitrogens is 1. The number of hydrogen-bond acceptors (Lipinski definition) is 5. The minimum Gasteiger partial charge on any atom is -0.278 e. The van der Waals surface area contributed by atoms with Crippen LogP contribution in [0.3, 0.4) is 0 Å². The van der Waals surface area contributed by atoms with E-state index >= 15 is 0 Å². The van der Waals surface area contributed by atoms with Gasteiger partial charge in [-0.25, -0.2) is 0 Å². The maximum atomic E-state index is 10.6. The smallest absolute Gasteiger partial charge is 0.271 e. The summed E-state index contributed by atoms with van der Waals surface area (Å²) in [6.45, 7) is 0. The van der Waals surface area contributed by atoms with Crippen LogP contribution in [0.5, 0.6) is 0 Å². The molecule has 1 heterocycles. The molecule has 0 aliphatic rings. The van der Waals surface area contributed by atoms with Crippen molar-refractivity contribution in [2.75, 3.05) is 5.43 Å². The lowest BCUT2D eigenvalue weighted by Gasteiger charge is -1.99. The van der Waals surface area contributed by atoms with Crippen LogP contribution < -0.4 is 5.43 Å². The van der Waals surface area contributed by atoms with Gasteiger partial charge in [-0.15, -0.1) is 0 Å². The maximum absolute atomic E-state index is 10.6. The number of benzene rings is 1. The van der Waals surface area contributed by atoms with Crippen LogP contribution in [0.2, 0.25) is 0 Å². The van der Waals surface area contributed by atoms with E-state index in [9.17, 15) is 10.1 Å². The van der Waals surface area contributed by atoms with Crippen LogP contribution >= 0.6 is 0 Å². The van der Waals surface area contributed by atoms with E-state index in [2.05, 4.69) is 15.5 Å². The SMILES string of the molecule is O=[N+]([O-])c1cccc(N/N=C/c2cccnc2)c1. The van der Waals surface area contributed by atoms with E-state index in [1.807, 2.05) is 6.07 Å². The molecule has 0 unspecified atom stereocenters. The summed E-state index contributed by atoms with van der Waals surface area (Å²) in [5.41, 5.74) is 4.15. The molecule has 0 aliphatic carbocycles. The van der Waals surface area contributed by atoms with Gasteiger partial charge < -0.3 is 0 Å². The fourth-order valence-corrected chi connectivity index (χ4v) is 1.32. The minimum atomic E-state index is -0.448. The highest BCUT2D eigenvalue weighted by Gasteiger charge is 2.04. The first-order valence-corrected chi connectivity index (χ1v) is 5.19. The number of pyridine rings is 1. The first kappa shape index (κ1) is 11.7. The average molecular weight is 242 g/mol. The maximum Gasteiger partial charge on any atom is 0.271 e. The van der Waals surface area contributed by atoms with Crippen molar-refractivity contribution in [3.8, 4) is 0 Å². The fraction of sp³-hybridized carbons (Fsp3) is 0. The van der Waals surface area contributed by atoms with Crippen LogP contribution in [0.1, 0.15) is 5.56 Å². The van der Waals surface area contributed by atoms with Crippen LogP contribution in [0, 0.1) is 10.1 Å². The number of anilines is 1. The molecule has 6 heteroatoms. The molecule has 0 amide bonds. The van der Waals surface area contributed by atoms with Gasteiger partial charge in [0, 0.05) is 30.1 Å². The molecule has 90 valence electrons. The third-order valence-corrected chi connectivity index (χ3v) is 2.15. The van der Waals surface area contributed by atoms with Crippen LogP contribution in [0.25, 0.3) is 0 Å².